The van der Waals surface area contributed by atoms with Crippen LogP contribution in [0.2, 0.25) is 5.02 Å². The maximum atomic E-state index is 14.1. The van der Waals surface area contributed by atoms with E-state index in [0.29, 0.717) is 35.2 Å². The van der Waals surface area contributed by atoms with E-state index in [9.17, 15) is 13.2 Å². The van der Waals surface area contributed by atoms with Crippen LogP contribution in [0.3, 0.4) is 0 Å². The number of nitrogens with zero attached hydrogens (tertiary/aromatic N) is 4. The summed E-state index contributed by atoms with van der Waals surface area (Å²) in [6.07, 6.45) is 3.61. The van der Waals surface area contributed by atoms with Crippen molar-refractivity contribution in [3.8, 4) is 0 Å². The minimum Gasteiger partial charge on any atom is -0.281 e. The van der Waals surface area contributed by atoms with Crippen LogP contribution in [0.4, 0.5) is 5.13 Å². The van der Waals surface area contributed by atoms with Crippen LogP contribution >= 0.6 is 34.3 Å². The fourth-order valence-electron chi connectivity index (χ4n) is 4.24. The van der Waals surface area contributed by atoms with E-state index in [1.165, 1.54) is 15.6 Å². The molecule has 0 N–H and O–H groups in total. The molecule has 1 aromatic carbocycles. The van der Waals surface area contributed by atoms with Crippen LogP contribution in [0, 0.1) is 6.92 Å². The van der Waals surface area contributed by atoms with Crippen molar-refractivity contribution in [1.29, 1.82) is 0 Å². The largest absolute Gasteiger partial charge is 0.281 e. The molecule has 11 heteroatoms. The summed E-state index contributed by atoms with van der Waals surface area (Å²) in [6.45, 7) is 2.43. The number of thiazole rings is 1. The second kappa shape index (κ2) is 9.94. The van der Waals surface area contributed by atoms with Crippen LogP contribution in [0.15, 0.2) is 58.3 Å². The first-order valence-electron chi connectivity index (χ1n) is 11.2. The zero-order chi connectivity index (χ0) is 24.6. The first-order valence-corrected chi connectivity index (χ1v) is 14.7. The Labute approximate surface area is 217 Å². The van der Waals surface area contributed by atoms with Crippen molar-refractivity contribution in [2.45, 2.75) is 43.0 Å². The molecule has 1 atom stereocenters. The van der Waals surface area contributed by atoms with Crippen LogP contribution in [0.25, 0.3) is 10.2 Å². The number of halogens is 1. The lowest BCUT2D eigenvalue weighted by Crippen LogP contribution is -2.52. The number of pyridine rings is 1. The zero-order valence-corrected chi connectivity index (χ0v) is 22.1. The minimum absolute atomic E-state index is 0.180. The molecule has 4 aromatic rings. The van der Waals surface area contributed by atoms with Gasteiger partial charge in [-0.2, -0.15) is 4.31 Å². The number of aromatic nitrogens is 2. The van der Waals surface area contributed by atoms with E-state index in [-0.39, 0.29) is 16.7 Å². The van der Waals surface area contributed by atoms with Crippen molar-refractivity contribution in [3.05, 3.63) is 70.3 Å². The summed E-state index contributed by atoms with van der Waals surface area (Å²) in [5.74, 6) is -0.302. The lowest BCUT2D eigenvalue weighted by Gasteiger charge is -2.35. The van der Waals surface area contributed by atoms with Gasteiger partial charge in [0.25, 0.3) is 10.0 Å². The van der Waals surface area contributed by atoms with Crippen LogP contribution in [0.5, 0.6) is 0 Å². The number of benzene rings is 1. The van der Waals surface area contributed by atoms with Crippen LogP contribution in [-0.2, 0) is 21.4 Å². The van der Waals surface area contributed by atoms with Crippen molar-refractivity contribution in [1.82, 2.24) is 14.3 Å². The van der Waals surface area contributed by atoms with Gasteiger partial charge in [-0.15, -0.1) is 11.3 Å². The molecule has 1 aliphatic rings. The van der Waals surface area contributed by atoms with Crippen LogP contribution in [0.1, 0.15) is 30.5 Å². The molecular weight excluding hydrogens is 524 g/mol. The number of amides is 1. The average molecular weight is 547 g/mol. The van der Waals surface area contributed by atoms with Crippen molar-refractivity contribution < 1.29 is 13.2 Å². The number of anilines is 1. The molecule has 1 fully saturated rings. The summed E-state index contributed by atoms with van der Waals surface area (Å²) in [6, 6.07) is 11.7. The van der Waals surface area contributed by atoms with E-state index >= 15 is 0 Å². The second-order valence-electron chi connectivity index (χ2n) is 8.34. The summed E-state index contributed by atoms with van der Waals surface area (Å²) in [5, 5.41) is 2.78. The Morgan fingerprint density at radius 2 is 2.06 bits per heavy atom. The molecule has 3 aromatic heterocycles. The molecule has 1 amide bonds. The number of piperidine rings is 1. The van der Waals surface area contributed by atoms with Crippen molar-refractivity contribution in [3.63, 3.8) is 0 Å². The predicted octanol–water partition coefficient (Wildman–Crippen LogP) is 5.49. The van der Waals surface area contributed by atoms with Gasteiger partial charge in [-0.05, 0) is 55.0 Å². The van der Waals surface area contributed by atoms with Gasteiger partial charge in [-0.25, -0.2) is 13.4 Å². The van der Waals surface area contributed by atoms with Gasteiger partial charge in [0, 0.05) is 12.7 Å². The number of sulfonamides is 1. The molecule has 35 heavy (non-hydrogen) atoms. The van der Waals surface area contributed by atoms with Gasteiger partial charge in [-0.3, -0.25) is 14.7 Å². The van der Waals surface area contributed by atoms with Gasteiger partial charge in [0.1, 0.15) is 10.3 Å². The van der Waals surface area contributed by atoms with Crippen molar-refractivity contribution in [2.24, 2.45) is 0 Å². The highest BCUT2D eigenvalue weighted by Crippen LogP contribution is 2.37. The Hall–Kier alpha value is -2.37. The van der Waals surface area contributed by atoms with E-state index < -0.39 is 16.1 Å². The van der Waals surface area contributed by atoms with E-state index in [0.717, 1.165) is 33.5 Å². The normalized spacial score (nSPS) is 17.0. The third-order valence-corrected chi connectivity index (χ3v) is 10.8. The number of thiophene rings is 1. The summed E-state index contributed by atoms with van der Waals surface area (Å²) in [4.78, 5) is 24.8. The highest BCUT2D eigenvalue weighted by atomic mass is 35.5. The third-order valence-electron chi connectivity index (χ3n) is 6.03. The summed E-state index contributed by atoms with van der Waals surface area (Å²) >= 11 is 8.94. The van der Waals surface area contributed by atoms with Gasteiger partial charge in [0.15, 0.2) is 5.13 Å². The summed E-state index contributed by atoms with van der Waals surface area (Å²) < 4.78 is 29.3. The first kappa shape index (κ1) is 24.3. The topological polar surface area (TPSA) is 83.5 Å². The maximum absolute atomic E-state index is 14.1. The Balaban J connectivity index is 1.57. The molecule has 0 aliphatic carbocycles. The monoisotopic (exact) mass is 546 g/mol. The van der Waals surface area contributed by atoms with Crippen LogP contribution < -0.4 is 4.90 Å². The molecule has 0 radical (unpaired) electrons. The van der Waals surface area contributed by atoms with Gasteiger partial charge < -0.3 is 0 Å². The molecule has 7 nitrogen and oxygen atoms in total. The van der Waals surface area contributed by atoms with Gasteiger partial charge in [-0.1, -0.05) is 47.6 Å². The molecular formula is C24H23ClN4O3S3. The number of fused-ring (bicyclic) bond motifs is 1. The third kappa shape index (κ3) is 4.73. The number of aryl methyl sites for hydroxylation is 1. The predicted molar refractivity (Wildman–Crippen MR) is 141 cm³/mol. The quantitative estimate of drug-likeness (QED) is 0.319. The number of rotatable bonds is 6. The van der Waals surface area contributed by atoms with E-state index in [2.05, 4.69) is 4.98 Å². The lowest BCUT2D eigenvalue weighted by atomic mass is 10.0. The Morgan fingerprint density at radius 3 is 2.77 bits per heavy atom. The highest BCUT2D eigenvalue weighted by Gasteiger charge is 2.41. The molecule has 4 heterocycles. The van der Waals surface area contributed by atoms with Gasteiger partial charge in [0.05, 0.1) is 27.5 Å². The fourth-order valence-corrected chi connectivity index (χ4v) is 8.34. The SMILES string of the molecule is Cc1ccc(Cl)c2sc(N(Cc3ccccn3)C(=O)C3CCCCN3S(=O)(=O)c3cccs3)nc12. The Bertz CT molecular complexity index is 1420. The lowest BCUT2D eigenvalue weighted by molar-refractivity contribution is -0.123. The summed E-state index contributed by atoms with van der Waals surface area (Å²) in [5.41, 5.74) is 2.38. The molecule has 1 saturated heterocycles. The van der Waals surface area contributed by atoms with Gasteiger partial charge in [0.2, 0.25) is 5.91 Å². The molecule has 5 rings (SSSR count). The Morgan fingerprint density at radius 1 is 1.20 bits per heavy atom. The molecule has 1 unspecified atom stereocenters. The smallest absolute Gasteiger partial charge is 0.253 e. The van der Waals surface area contributed by atoms with E-state index in [1.807, 2.05) is 37.3 Å². The number of carbonyl (C=O) groups is 1. The Kier molecular flexibility index (Phi) is 6.91. The number of hydrogen-bond acceptors (Lipinski definition) is 7. The standard InChI is InChI=1S/C24H23ClN4O3S3/c1-16-10-11-18(25)22-21(16)27-24(34-22)28(15-17-7-2-4-12-26-17)23(30)19-8-3-5-13-29(19)35(31,32)20-9-6-14-33-20/h2,4,6-7,9-12,14,19H,3,5,8,13,15H2,1H3. The second-order valence-corrected chi connectivity index (χ2v) is 12.8. The zero-order valence-electron chi connectivity index (χ0n) is 18.9. The van der Waals surface area contributed by atoms with Crippen molar-refractivity contribution in [2.75, 3.05) is 11.4 Å². The maximum Gasteiger partial charge on any atom is 0.253 e. The summed E-state index contributed by atoms with van der Waals surface area (Å²) in [7, 11) is -3.79. The van der Waals surface area contributed by atoms with Crippen molar-refractivity contribution >= 4 is 65.6 Å². The number of carbonyl (C=O) groups excluding carboxylic acids is 1. The van der Waals surface area contributed by atoms with Crippen LogP contribution in [-0.4, -0.2) is 41.2 Å². The average Bonchev–Trinajstić information content (AvgIpc) is 3.57. The van der Waals surface area contributed by atoms with Gasteiger partial charge >= 0.3 is 0 Å². The molecule has 0 saturated carbocycles. The van der Waals surface area contributed by atoms with E-state index in [4.69, 9.17) is 16.6 Å². The molecule has 0 spiro atoms. The van der Waals surface area contributed by atoms with E-state index in [1.54, 1.807) is 28.6 Å². The minimum atomic E-state index is -3.79. The first-order chi connectivity index (χ1) is 16.9. The number of hydrogen-bond donors (Lipinski definition) is 0. The molecule has 182 valence electrons. The highest BCUT2D eigenvalue weighted by molar-refractivity contribution is 7.91. The molecule has 1 aliphatic heterocycles. The fraction of sp³-hybridized carbons (Fsp3) is 0.292. The molecule has 0 bridgehead atoms.